The minimum Gasteiger partial charge on any atom is -0.314 e. The van der Waals surface area contributed by atoms with Gasteiger partial charge < -0.3 is 4.57 Å². The Hall–Kier alpha value is -3.45. The molecule has 0 aliphatic carbocycles. The average molecular weight is 416 g/mol. The second-order valence-electron chi connectivity index (χ2n) is 6.72. The fourth-order valence-corrected chi connectivity index (χ4v) is 3.84. The molecule has 0 unspecified atom stereocenters. The summed E-state index contributed by atoms with van der Waals surface area (Å²) in [5.74, 6) is 0.0450. The van der Waals surface area contributed by atoms with E-state index in [-0.39, 0.29) is 11.7 Å². The Morgan fingerprint density at radius 2 is 1.87 bits per heavy atom. The summed E-state index contributed by atoms with van der Waals surface area (Å²) in [6.45, 7) is 2.54. The number of aromatic nitrogens is 3. The lowest BCUT2D eigenvalue weighted by atomic mass is 10.2. The van der Waals surface area contributed by atoms with Crippen molar-refractivity contribution in [1.82, 2.24) is 20.0 Å². The van der Waals surface area contributed by atoms with E-state index in [2.05, 4.69) is 38.3 Å². The summed E-state index contributed by atoms with van der Waals surface area (Å²) >= 11 is 1.41. The Morgan fingerprint density at radius 1 is 1.07 bits per heavy atom. The molecule has 150 valence electrons. The highest BCUT2D eigenvalue weighted by Crippen LogP contribution is 2.25. The molecule has 0 atom stereocenters. The fourth-order valence-electron chi connectivity index (χ4n) is 3.03. The number of amides is 1. The Kier molecular flexibility index (Phi) is 6.20. The molecule has 0 saturated carbocycles. The molecule has 2 aromatic heterocycles. The first kappa shape index (κ1) is 19.8. The largest absolute Gasteiger partial charge is 0.314 e. The summed E-state index contributed by atoms with van der Waals surface area (Å²) < 4.78 is 2.15. The number of nitrogens with zero attached hydrogens (tertiary/aromatic N) is 4. The van der Waals surface area contributed by atoms with Gasteiger partial charge in [0.25, 0.3) is 5.91 Å². The van der Waals surface area contributed by atoms with Gasteiger partial charge in [-0.1, -0.05) is 60.3 Å². The van der Waals surface area contributed by atoms with Crippen LogP contribution < -0.4 is 5.43 Å². The predicted octanol–water partition coefficient (Wildman–Crippen LogP) is 4.11. The first-order chi connectivity index (χ1) is 14.7. The molecule has 7 heteroatoms. The maximum absolute atomic E-state index is 12.3. The topological polar surface area (TPSA) is 72.2 Å². The van der Waals surface area contributed by atoms with E-state index in [4.69, 9.17) is 4.98 Å². The van der Waals surface area contributed by atoms with Crippen molar-refractivity contribution in [3.05, 3.63) is 90.3 Å². The Labute approximate surface area is 179 Å². The zero-order valence-electron chi connectivity index (χ0n) is 16.5. The maximum atomic E-state index is 12.3. The minimum atomic E-state index is -0.179. The first-order valence-corrected chi connectivity index (χ1v) is 10.5. The van der Waals surface area contributed by atoms with Crippen LogP contribution in [0.2, 0.25) is 0 Å². The quantitative estimate of drug-likeness (QED) is 0.280. The normalized spacial score (nSPS) is 11.6. The molecule has 0 saturated heterocycles. The van der Waals surface area contributed by atoms with Crippen LogP contribution in [0.1, 0.15) is 18.1 Å². The molecule has 1 amide bonds. The Morgan fingerprint density at radius 3 is 2.67 bits per heavy atom. The molecule has 2 heterocycles. The standard InChI is InChI=1S/C23H21N5OS/c1-17(19-10-7-13-24-14-19)26-27-22(29)16-30-23-25-20-11-5-6-12-21(20)28(23)15-18-8-3-2-4-9-18/h2-14H,15-16H2,1H3,(H,27,29). The second kappa shape index (κ2) is 9.37. The lowest BCUT2D eigenvalue weighted by Gasteiger charge is -2.09. The van der Waals surface area contributed by atoms with Crippen molar-refractivity contribution >= 4 is 34.4 Å². The number of nitrogens with one attached hydrogen (secondary N) is 1. The fraction of sp³-hybridized carbons (Fsp3) is 0.130. The number of hydrogen-bond donors (Lipinski definition) is 1. The zero-order valence-corrected chi connectivity index (χ0v) is 17.3. The number of rotatable bonds is 7. The Balaban J connectivity index is 1.47. The minimum absolute atomic E-state index is 0.179. The molecule has 2 aromatic carbocycles. The third-order valence-electron chi connectivity index (χ3n) is 4.56. The van der Waals surface area contributed by atoms with Crippen molar-refractivity contribution in [2.24, 2.45) is 5.10 Å². The van der Waals surface area contributed by atoms with Crippen LogP contribution in [-0.4, -0.2) is 31.9 Å². The van der Waals surface area contributed by atoms with Crippen molar-refractivity contribution in [2.75, 3.05) is 5.75 Å². The van der Waals surface area contributed by atoms with Crippen LogP contribution >= 0.6 is 11.8 Å². The van der Waals surface area contributed by atoms with Gasteiger partial charge in [0.2, 0.25) is 0 Å². The highest BCUT2D eigenvalue weighted by molar-refractivity contribution is 7.99. The van der Waals surface area contributed by atoms with Crippen LogP contribution in [0.25, 0.3) is 11.0 Å². The molecular weight excluding hydrogens is 394 g/mol. The van der Waals surface area contributed by atoms with E-state index in [1.54, 1.807) is 12.4 Å². The molecule has 0 bridgehead atoms. The Bertz CT molecular complexity index is 1170. The third-order valence-corrected chi connectivity index (χ3v) is 5.54. The number of fused-ring (bicyclic) bond motifs is 1. The summed E-state index contributed by atoms with van der Waals surface area (Å²) in [7, 11) is 0. The van der Waals surface area contributed by atoms with E-state index in [9.17, 15) is 4.79 Å². The van der Waals surface area contributed by atoms with Crippen molar-refractivity contribution in [1.29, 1.82) is 0 Å². The van der Waals surface area contributed by atoms with E-state index in [1.807, 2.05) is 55.5 Å². The molecule has 4 rings (SSSR count). The van der Waals surface area contributed by atoms with E-state index in [1.165, 1.54) is 17.3 Å². The van der Waals surface area contributed by atoms with Crippen molar-refractivity contribution in [3.63, 3.8) is 0 Å². The number of imidazole rings is 1. The van der Waals surface area contributed by atoms with E-state index < -0.39 is 0 Å². The number of pyridine rings is 1. The van der Waals surface area contributed by atoms with Gasteiger partial charge in [0, 0.05) is 18.0 Å². The molecular formula is C23H21N5OS. The van der Waals surface area contributed by atoms with Gasteiger partial charge in [0.15, 0.2) is 5.16 Å². The molecule has 0 radical (unpaired) electrons. The lowest BCUT2D eigenvalue weighted by Crippen LogP contribution is -2.21. The molecule has 4 aromatic rings. The van der Waals surface area contributed by atoms with Crippen LogP contribution in [0, 0.1) is 0 Å². The number of para-hydroxylation sites is 2. The van der Waals surface area contributed by atoms with E-state index >= 15 is 0 Å². The maximum Gasteiger partial charge on any atom is 0.250 e. The predicted molar refractivity (Wildman–Crippen MR) is 121 cm³/mol. The van der Waals surface area contributed by atoms with Gasteiger partial charge in [0.1, 0.15) is 0 Å². The van der Waals surface area contributed by atoms with Crippen molar-refractivity contribution < 1.29 is 4.79 Å². The summed E-state index contributed by atoms with van der Waals surface area (Å²) in [6.07, 6.45) is 3.42. The first-order valence-electron chi connectivity index (χ1n) is 9.56. The number of hydrogen-bond acceptors (Lipinski definition) is 5. The average Bonchev–Trinajstić information content (AvgIpc) is 3.14. The zero-order chi connectivity index (χ0) is 20.8. The SMILES string of the molecule is CC(=NNC(=O)CSc1nc2ccccc2n1Cc1ccccc1)c1cccnc1. The number of hydrazone groups is 1. The van der Waals surface area contributed by atoms with Gasteiger partial charge in [-0.15, -0.1) is 0 Å². The number of carbonyl (C=O) groups is 1. The molecule has 1 N–H and O–H groups in total. The summed E-state index contributed by atoms with van der Waals surface area (Å²) in [5, 5.41) is 4.98. The molecule has 0 aliphatic rings. The van der Waals surface area contributed by atoms with Crippen LogP contribution in [0.3, 0.4) is 0 Å². The monoisotopic (exact) mass is 415 g/mol. The van der Waals surface area contributed by atoms with Crippen LogP contribution in [0.5, 0.6) is 0 Å². The van der Waals surface area contributed by atoms with Gasteiger partial charge in [-0.3, -0.25) is 9.78 Å². The van der Waals surface area contributed by atoms with E-state index in [0.717, 1.165) is 21.8 Å². The smallest absolute Gasteiger partial charge is 0.250 e. The third kappa shape index (κ3) is 4.75. The van der Waals surface area contributed by atoms with Gasteiger partial charge in [-0.05, 0) is 30.7 Å². The van der Waals surface area contributed by atoms with Crippen LogP contribution in [0.15, 0.2) is 89.4 Å². The molecule has 30 heavy (non-hydrogen) atoms. The van der Waals surface area contributed by atoms with Gasteiger partial charge in [-0.25, -0.2) is 10.4 Å². The highest BCUT2D eigenvalue weighted by atomic mass is 32.2. The highest BCUT2D eigenvalue weighted by Gasteiger charge is 2.13. The summed E-state index contributed by atoms with van der Waals surface area (Å²) in [6, 6.07) is 22.0. The van der Waals surface area contributed by atoms with Crippen LogP contribution in [-0.2, 0) is 11.3 Å². The molecule has 0 aliphatic heterocycles. The molecule has 6 nitrogen and oxygen atoms in total. The van der Waals surface area contributed by atoms with Crippen molar-refractivity contribution in [2.45, 2.75) is 18.6 Å². The van der Waals surface area contributed by atoms with Gasteiger partial charge in [0.05, 0.1) is 29.0 Å². The number of benzene rings is 2. The van der Waals surface area contributed by atoms with Crippen molar-refractivity contribution in [3.8, 4) is 0 Å². The van der Waals surface area contributed by atoms with Gasteiger partial charge in [-0.2, -0.15) is 5.10 Å². The van der Waals surface area contributed by atoms with E-state index in [0.29, 0.717) is 12.3 Å². The summed E-state index contributed by atoms with van der Waals surface area (Å²) in [5.41, 5.74) is 7.35. The molecule has 0 spiro atoms. The number of carbonyl (C=O) groups excluding carboxylic acids is 1. The second-order valence-corrected chi connectivity index (χ2v) is 7.66. The number of thioether (sulfide) groups is 1. The van der Waals surface area contributed by atoms with Gasteiger partial charge >= 0.3 is 0 Å². The molecule has 0 fully saturated rings. The summed E-state index contributed by atoms with van der Waals surface area (Å²) in [4.78, 5) is 21.1. The lowest BCUT2D eigenvalue weighted by molar-refractivity contribution is -0.118. The van der Waals surface area contributed by atoms with Crippen LogP contribution in [0.4, 0.5) is 0 Å².